The third kappa shape index (κ3) is 3.69. The molecule has 0 spiro atoms. The molecular formula is C15H20O3. The Kier molecular flexibility index (Phi) is 5.08. The van der Waals surface area contributed by atoms with Gasteiger partial charge in [-0.05, 0) is 30.5 Å². The second-order valence-corrected chi connectivity index (χ2v) is 4.74. The van der Waals surface area contributed by atoms with Crippen molar-refractivity contribution in [3.63, 3.8) is 0 Å². The molecule has 0 aromatic heterocycles. The normalized spacial score (nSPS) is 10.5. The molecule has 0 N–H and O–H groups in total. The first kappa shape index (κ1) is 14.4. The molecule has 0 bridgehead atoms. The average molecular weight is 248 g/mol. The van der Waals surface area contributed by atoms with Crippen molar-refractivity contribution in [3.05, 3.63) is 29.3 Å². The van der Waals surface area contributed by atoms with Crippen LogP contribution < -0.4 is 4.74 Å². The molecule has 0 aliphatic rings. The molecule has 0 unspecified atom stereocenters. The summed E-state index contributed by atoms with van der Waals surface area (Å²) in [6, 6.07) is 5.62. The number of rotatable bonds is 6. The maximum Gasteiger partial charge on any atom is 0.167 e. The summed E-state index contributed by atoms with van der Waals surface area (Å²) in [5.41, 5.74) is 1.69. The van der Waals surface area contributed by atoms with Crippen LogP contribution in [-0.2, 0) is 4.79 Å². The fraction of sp³-hybridized carbons (Fsp3) is 0.467. The van der Waals surface area contributed by atoms with Crippen molar-refractivity contribution in [3.8, 4) is 5.75 Å². The number of hydrogen-bond acceptors (Lipinski definition) is 3. The Morgan fingerprint density at radius 3 is 2.39 bits per heavy atom. The standard InChI is InChI=1S/C15H20O3/c1-10(2)12-6-7-13(15(9-12)18-4)14(17)8-5-11(3)16/h6-7,9-10H,5,8H2,1-4H3. The van der Waals surface area contributed by atoms with Gasteiger partial charge in [0.1, 0.15) is 11.5 Å². The molecule has 1 aromatic carbocycles. The van der Waals surface area contributed by atoms with E-state index in [0.29, 0.717) is 17.2 Å². The highest BCUT2D eigenvalue weighted by Crippen LogP contribution is 2.26. The molecule has 0 saturated carbocycles. The molecule has 98 valence electrons. The van der Waals surface area contributed by atoms with E-state index in [1.54, 1.807) is 13.2 Å². The van der Waals surface area contributed by atoms with E-state index in [1.807, 2.05) is 12.1 Å². The predicted octanol–water partition coefficient (Wildman–Crippen LogP) is 3.37. The highest BCUT2D eigenvalue weighted by Gasteiger charge is 2.14. The molecule has 0 saturated heterocycles. The third-order valence-electron chi connectivity index (χ3n) is 2.90. The molecular weight excluding hydrogens is 228 g/mol. The van der Waals surface area contributed by atoms with E-state index in [1.165, 1.54) is 6.92 Å². The first-order chi connectivity index (χ1) is 8.45. The van der Waals surface area contributed by atoms with Crippen molar-refractivity contribution in [1.29, 1.82) is 0 Å². The molecule has 18 heavy (non-hydrogen) atoms. The smallest absolute Gasteiger partial charge is 0.167 e. The summed E-state index contributed by atoms with van der Waals surface area (Å²) in [6.45, 7) is 5.67. The zero-order valence-corrected chi connectivity index (χ0v) is 11.4. The minimum Gasteiger partial charge on any atom is -0.496 e. The first-order valence-electron chi connectivity index (χ1n) is 6.16. The van der Waals surface area contributed by atoms with Gasteiger partial charge in [0, 0.05) is 12.8 Å². The highest BCUT2D eigenvalue weighted by atomic mass is 16.5. The maximum atomic E-state index is 12.0. The number of ketones is 2. The van der Waals surface area contributed by atoms with Crippen molar-refractivity contribution in [1.82, 2.24) is 0 Å². The minimum atomic E-state index is -0.0441. The predicted molar refractivity (Wildman–Crippen MR) is 71.3 cm³/mol. The summed E-state index contributed by atoms with van der Waals surface area (Å²) in [6.07, 6.45) is 0.528. The zero-order valence-electron chi connectivity index (χ0n) is 11.4. The number of Topliss-reactive ketones (excluding diaryl/α,β-unsaturated/α-hetero) is 2. The minimum absolute atomic E-state index is 0.0288. The van der Waals surface area contributed by atoms with Crippen LogP contribution in [0.2, 0.25) is 0 Å². The van der Waals surface area contributed by atoms with Crippen LogP contribution in [0.25, 0.3) is 0 Å². The fourth-order valence-electron chi connectivity index (χ4n) is 1.72. The van der Waals surface area contributed by atoms with E-state index in [0.717, 1.165) is 5.56 Å². The number of methoxy groups -OCH3 is 1. The van der Waals surface area contributed by atoms with Crippen LogP contribution >= 0.6 is 0 Å². The van der Waals surface area contributed by atoms with Gasteiger partial charge in [-0.1, -0.05) is 19.9 Å². The lowest BCUT2D eigenvalue weighted by molar-refractivity contribution is -0.116. The molecule has 3 nitrogen and oxygen atoms in total. The Bertz CT molecular complexity index is 447. The number of carbonyl (C=O) groups is 2. The number of hydrogen-bond donors (Lipinski definition) is 0. The van der Waals surface area contributed by atoms with Gasteiger partial charge in [-0.25, -0.2) is 0 Å². The van der Waals surface area contributed by atoms with Crippen LogP contribution in [0.15, 0.2) is 18.2 Å². The Hall–Kier alpha value is -1.64. The van der Waals surface area contributed by atoms with Gasteiger partial charge in [0.2, 0.25) is 0 Å². The van der Waals surface area contributed by atoms with Crippen LogP contribution in [0.3, 0.4) is 0 Å². The van der Waals surface area contributed by atoms with Gasteiger partial charge >= 0.3 is 0 Å². The van der Waals surface area contributed by atoms with Crippen molar-refractivity contribution in [2.24, 2.45) is 0 Å². The lowest BCUT2D eigenvalue weighted by atomic mass is 9.98. The van der Waals surface area contributed by atoms with Crippen molar-refractivity contribution >= 4 is 11.6 Å². The monoisotopic (exact) mass is 248 g/mol. The number of ether oxygens (including phenoxy) is 1. The van der Waals surface area contributed by atoms with E-state index >= 15 is 0 Å². The third-order valence-corrected chi connectivity index (χ3v) is 2.90. The molecule has 0 aliphatic heterocycles. The lowest BCUT2D eigenvalue weighted by Crippen LogP contribution is -2.05. The van der Waals surface area contributed by atoms with Crippen molar-refractivity contribution < 1.29 is 14.3 Å². The van der Waals surface area contributed by atoms with Crippen LogP contribution in [-0.4, -0.2) is 18.7 Å². The molecule has 0 aliphatic carbocycles. The Morgan fingerprint density at radius 2 is 1.89 bits per heavy atom. The summed E-state index contributed by atoms with van der Waals surface area (Å²) in [7, 11) is 1.56. The van der Waals surface area contributed by atoms with E-state index in [2.05, 4.69) is 13.8 Å². The molecule has 0 fully saturated rings. The summed E-state index contributed by atoms with van der Waals surface area (Å²) < 4.78 is 5.26. The highest BCUT2D eigenvalue weighted by molar-refractivity contribution is 6.00. The SMILES string of the molecule is COc1cc(C(C)C)ccc1C(=O)CCC(C)=O. The van der Waals surface area contributed by atoms with E-state index in [9.17, 15) is 9.59 Å². The maximum absolute atomic E-state index is 12.0. The van der Waals surface area contributed by atoms with Crippen LogP contribution in [0.4, 0.5) is 0 Å². The van der Waals surface area contributed by atoms with E-state index < -0.39 is 0 Å². The van der Waals surface area contributed by atoms with Crippen LogP contribution in [0.1, 0.15) is 55.5 Å². The largest absolute Gasteiger partial charge is 0.496 e. The van der Waals surface area contributed by atoms with Crippen LogP contribution in [0.5, 0.6) is 5.75 Å². The summed E-state index contributed by atoms with van der Waals surface area (Å²) in [4.78, 5) is 22.9. The van der Waals surface area contributed by atoms with Gasteiger partial charge in [-0.15, -0.1) is 0 Å². The topological polar surface area (TPSA) is 43.4 Å². The molecule has 0 radical (unpaired) electrons. The Balaban J connectivity index is 2.94. The lowest BCUT2D eigenvalue weighted by Gasteiger charge is -2.11. The molecule has 1 aromatic rings. The number of carbonyl (C=O) groups excluding carboxylic acids is 2. The molecule has 0 heterocycles. The molecule has 3 heteroatoms. The van der Waals surface area contributed by atoms with Gasteiger partial charge in [-0.2, -0.15) is 0 Å². The van der Waals surface area contributed by atoms with E-state index in [4.69, 9.17) is 4.74 Å². The van der Waals surface area contributed by atoms with Gasteiger partial charge in [0.05, 0.1) is 12.7 Å². The summed E-state index contributed by atoms with van der Waals surface area (Å²) in [5.74, 6) is 0.966. The van der Waals surface area contributed by atoms with Gasteiger partial charge in [0.25, 0.3) is 0 Å². The first-order valence-corrected chi connectivity index (χ1v) is 6.16. The second-order valence-electron chi connectivity index (χ2n) is 4.74. The van der Waals surface area contributed by atoms with Gasteiger partial charge in [0.15, 0.2) is 5.78 Å². The Labute approximate surface area is 108 Å². The molecule has 1 rings (SSSR count). The second kappa shape index (κ2) is 6.34. The Morgan fingerprint density at radius 1 is 1.22 bits per heavy atom. The van der Waals surface area contributed by atoms with Crippen molar-refractivity contribution in [2.45, 2.75) is 39.5 Å². The van der Waals surface area contributed by atoms with Crippen molar-refractivity contribution in [2.75, 3.05) is 7.11 Å². The summed E-state index contributed by atoms with van der Waals surface area (Å²) >= 11 is 0. The van der Waals surface area contributed by atoms with Gasteiger partial charge in [-0.3, -0.25) is 4.79 Å². The van der Waals surface area contributed by atoms with E-state index in [-0.39, 0.29) is 24.4 Å². The van der Waals surface area contributed by atoms with Crippen LogP contribution in [0, 0.1) is 0 Å². The number of benzene rings is 1. The summed E-state index contributed by atoms with van der Waals surface area (Å²) in [5, 5.41) is 0. The molecule has 0 amide bonds. The fourth-order valence-corrected chi connectivity index (χ4v) is 1.72. The zero-order chi connectivity index (χ0) is 13.7. The van der Waals surface area contributed by atoms with Gasteiger partial charge < -0.3 is 9.53 Å². The quantitative estimate of drug-likeness (QED) is 0.725. The average Bonchev–Trinajstić information content (AvgIpc) is 2.34. The molecule has 0 atom stereocenters.